The van der Waals surface area contributed by atoms with Gasteiger partial charge in [-0.15, -0.1) is 24.0 Å². The number of ether oxygens (including phenoxy) is 1. The Bertz CT molecular complexity index is 651. The normalized spacial score (nSPS) is 10.9. The van der Waals surface area contributed by atoms with Gasteiger partial charge in [-0.2, -0.15) is 0 Å². The second-order valence-corrected chi connectivity index (χ2v) is 5.20. The van der Waals surface area contributed by atoms with E-state index in [0.29, 0.717) is 12.4 Å². The molecule has 0 aliphatic heterocycles. The number of hydrogen-bond donors (Lipinski definition) is 2. The number of rotatable bonds is 6. The van der Waals surface area contributed by atoms with Crippen molar-refractivity contribution < 1.29 is 9.15 Å². The van der Waals surface area contributed by atoms with Crippen LogP contribution in [0.4, 0.5) is 0 Å². The van der Waals surface area contributed by atoms with Crippen molar-refractivity contribution in [1.29, 1.82) is 0 Å². The zero-order valence-electron chi connectivity index (χ0n) is 14.5. The van der Waals surface area contributed by atoms with Gasteiger partial charge >= 0.3 is 0 Å². The van der Waals surface area contributed by atoms with E-state index < -0.39 is 0 Å². The molecule has 0 aliphatic carbocycles. The van der Waals surface area contributed by atoms with Gasteiger partial charge in [-0.3, -0.25) is 4.99 Å². The summed E-state index contributed by atoms with van der Waals surface area (Å²) in [5.74, 6) is 3.11. The second-order valence-electron chi connectivity index (χ2n) is 5.20. The summed E-state index contributed by atoms with van der Waals surface area (Å²) in [4.78, 5) is 8.54. The second kappa shape index (κ2) is 10.2. The van der Waals surface area contributed by atoms with Crippen molar-refractivity contribution >= 4 is 29.9 Å². The molecule has 0 spiro atoms. The Morgan fingerprint density at radius 2 is 2.08 bits per heavy atom. The van der Waals surface area contributed by atoms with Gasteiger partial charge in [0.25, 0.3) is 0 Å². The van der Waals surface area contributed by atoms with Crippen LogP contribution in [-0.4, -0.2) is 31.6 Å². The summed E-state index contributed by atoms with van der Waals surface area (Å²) in [6.45, 7) is 5.13. The maximum absolute atomic E-state index is 5.54. The highest BCUT2D eigenvalue weighted by Gasteiger charge is 2.06. The lowest BCUT2D eigenvalue weighted by Gasteiger charge is -2.11. The quantitative estimate of drug-likeness (QED) is 0.408. The van der Waals surface area contributed by atoms with E-state index in [0.717, 1.165) is 36.1 Å². The van der Waals surface area contributed by atoms with E-state index in [4.69, 9.17) is 9.15 Å². The number of benzene rings is 1. The first-order valence-electron chi connectivity index (χ1n) is 7.62. The molecule has 0 atom stereocenters. The Morgan fingerprint density at radius 3 is 2.71 bits per heavy atom. The van der Waals surface area contributed by atoms with E-state index in [-0.39, 0.29) is 24.0 Å². The number of nitrogens with one attached hydrogen (secondary N) is 2. The van der Waals surface area contributed by atoms with Gasteiger partial charge in [0.2, 0.25) is 5.89 Å². The molecule has 0 amide bonds. The van der Waals surface area contributed by atoms with E-state index in [2.05, 4.69) is 26.7 Å². The smallest absolute Gasteiger partial charge is 0.214 e. The first kappa shape index (κ1) is 20.3. The monoisotopic (exact) mass is 444 g/mol. The Kier molecular flexibility index (Phi) is 8.59. The standard InChI is InChI=1S/C17H24N4O2.HI/c1-12-13(2)23-16(21-12)11-20-17(18-3)19-9-8-14-6-5-7-15(10-14)22-4;/h5-7,10H,8-9,11H2,1-4H3,(H2,18,19,20);1H. The molecule has 1 aromatic heterocycles. The number of aromatic nitrogens is 1. The van der Waals surface area contributed by atoms with Gasteiger partial charge in [0.15, 0.2) is 5.96 Å². The molecule has 2 N–H and O–H groups in total. The first-order chi connectivity index (χ1) is 11.1. The molecular formula is C17H25IN4O2. The minimum atomic E-state index is 0. The van der Waals surface area contributed by atoms with Crippen LogP contribution in [0.5, 0.6) is 5.75 Å². The summed E-state index contributed by atoms with van der Waals surface area (Å²) in [5.41, 5.74) is 2.13. The molecule has 1 aromatic carbocycles. The molecule has 0 aliphatic rings. The highest BCUT2D eigenvalue weighted by molar-refractivity contribution is 14.0. The van der Waals surface area contributed by atoms with Crippen molar-refractivity contribution in [3.8, 4) is 5.75 Å². The fourth-order valence-electron chi connectivity index (χ4n) is 2.15. The van der Waals surface area contributed by atoms with E-state index in [1.165, 1.54) is 5.56 Å². The Morgan fingerprint density at radius 1 is 1.29 bits per heavy atom. The topological polar surface area (TPSA) is 71.7 Å². The zero-order chi connectivity index (χ0) is 16.7. The van der Waals surface area contributed by atoms with Crippen LogP contribution in [0, 0.1) is 13.8 Å². The SMILES string of the molecule is CN=C(NCCc1cccc(OC)c1)NCc1nc(C)c(C)o1.I. The summed E-state index contributed by atoms with van der Waals surface area (Å²) in [6.07, 6.45) is 0.884. The summed E-state index contributed by atoms with van der Waals surface area (Å²) in [6, 6.07) is 8.06. The Hall–Kier alpha value is -1.77. The van der Waals surface area contributed by atoms with Crippen molar-refractivity contribution in [2.45, 2.75) is 26.8 Å². The van der Waals surface area contributed by atoms with E-state index in [1.807, 2.05) is 32.0 Å². The van der Waals surface area contributed by atoms with E-state index in [1.54, 1.807) is 14.2 Å². The Balaban J connectivity index is 0.00000288. The molecular weight excluding hydrogens is 419 g/mol. The summed E-state index contributed by atoms with van der Waals surface area (Å²) in [7, 11) is 3.42. The molecule has 0 radical (unpaired) electrons. The highest BCUT2D eigenvalue weighted by Crippen LogP contribution is 2.12. The summed E-state index contributed by atoms with van der Waals surface area (Å²) in [5, 5.41) is 6.47. The molecule has 132 valence electrons. The van der Waals surface area contributed by atoms with Crippen molar-refractivity contribution in [2.24, 2.45) is 4.99 Å². The van der Waals surface area contributed by atoms with Crippen LogP contribution in [-0.2, 0) is 13.0 Å². The molecule has 24 heavy (non-hydrogen) atoms. The minimum absolute atomic E-state index is 0. The van der Waals surface area contributed by atoms with Crippen molar-refractivity contribution in [3.05, 3.63) is 47.2 Å². The number of nitrogens with zero attached hydrogens (tertiary/aromatic N) is 2. The summed E-state index contributed by atoms with van der Waals surface area (Å²) < 4.78 is 10.8. The van der Waals surface area contributed by atoms with Gasteiger partial charge in [0.05, 0.1) is 19.3 Å². The minimum Gasteiger partial charge on any atom is -0.497 e. The van der Waals surface area contributed by atoms with Gasteiger partial charge < -0.3 is 19.8 Å². The number of guanidine groups is 1. The van der Waals surface area contributed by atoms with Crippen molar-refractivity contribution in [1.82, 2.24) is 15.6 Å². The third-order valence-electron chi connectivity index (χ3n) is 3.54. The van der Waals surface area contributed by atoms with Gasteiger partial charge in [-0.25, -0.2) is 4.98 Å². The number of oxazole rings is 1. The molecule has 0 bridgehead atoms. The number of halogens is 1. The molecule has 1 heterocycles. The molecule has 0 saturated heterocycles. The van der Waals surface area contributed by atoms with E-state index in [9.17, 15) is 0 Å². The lowest BCUT2D eigenvalue weighted by molar-refractivity contribution is 0.414. The van der Waals surface area contributed by atoms with Gasteiger partial charge in [0, 0.05) is 13.6 Å². The Labute approximate surface area is 160 Å². The van der Waals surface area contributed by atoms with Crippen molar-refractivity contribution in [3.63, 3.8) is 0 Å². The average Bonchev–Trinajstić information content (AvgIpc) is 2.89. The largest absolute Gasteiger partial charge is 0.497 e. The third kappa shape index (κ3) is 6.03. The van der Waals surface area contributed by atoms with Gasteiger partial charge in [-0.1, -0.05) is 12.1 Å². The zero-order valence-corrected chi connectivity index (χ0v) is 16.9. The molecule has 7 heteroatoms. The summed E-state index contributed by atoms with van der Waals surface area (Å²) >= 11 is 0. The van der Waals surface area contributed by atoms with Crippen LogP contribution in [0.25, 0.3) is 0 Å². The number of methoxy groups -OCH3 is 1. The van der Waals surface area contributed by atoms with Gasteiger partial charge in [0.1, 0.15) is 11.5 Å². The first-order valence-corrected chi connectivity index (χ1v) is 7.62. The maximum Gasteiger partial charge on any atom is 0.214 e. The van der Waals surface area contributed by atoms with Crippen LogP contribution in [0.2, 0.25) is 0 Å². The average molecular weight is 444 g/mol. The van der Waals surface area contributed by atoms with Crippen LogP contribution in [0.1, 0.15) is 22.9 Å². The number of aryl methyl sites for hydroxylation is 2. The third-order valence-corrected chi connectivity index (χ3v) is 3.54. The van der Waals surface area contributed by atoms with Crippen LogP contribution in [0.3, 0.4) is 0 Å². The van der Waals surface area contributed by atoms with Crippen LogP contribution < -0.4 is 15.4 Å². The number of aliphatic imine (C=N–C) groups is 1. The van der Waals surface area contributed by atoms with Gasteiger partial charge in [-0.05, 0) is 38.0 Å². The highest BCUT2D eigenvalue weighted by atomic mass is 127. The van der Waals surface area contributed by atoms with Crippen LogP contribution in [0.15, 0.2) is 33.7 Å². The predicted octanol–water partition coefficient (Wildman–Crippen LogP) is 2.83. The van der Waals surface area contributed by atoms with Crippen LogP contribution >= 0.6 is 24.0 Å². The lowest BCUT2D eigenvalue weighted by atomic mass is 10.1. The predicted molar refractivity (Wildman–Crippen MR) is 106 cm³/mol. The fraction of sp³-hybridized carbons (Fsp3) is 0.412. The number of hydrogen-bond acceptors (Lipinski definition) is 4. The molecule has 0 unspecified atom stereocenters. The maximum atomic E-state index is 5.54. The molecule has 0 fully saturated rings. The van der Waals surface area contributed by atoms with Crippen molar-refractivity contribution in [2.75, 3.05) is 20.7 Å². The molecule has 2 aromatic rings. The lowest BCUT2D eigenvalue weighted by Crippen LogP contribution is -2.37. The fourth-order valence-corrected chi connectivity index (χ4v) is 2.15. The molecule has 6 nitrogen and oxygen atoms in total. The molecule has 0 saturated carbocycles. The van der Waals surface area contributed by atoms with E-state index >= 15 is 0 Å². The molecule has 2 rings (SSSR count).